The molecule has 0 bridgehead atoms. The summed E-state index contributed by atoms with van der Waals surface area (Å²) < 4.78 is 9.31. The Morgan fingerprint density at radius 2 is 2.03 bits per heavy atom. The van der Waals surface area contributed by atoms with Crippen molar-refractivity contribution in [2.45, 2.75) is 51.9 Å². The van der Waals surface area contributed by atoms with Crippen LogP contribution in [-0.2, 0) is 11.3 Å². The number of fused-ring (bicyclic) bond motifs is 1. The van der Waals surface area contributed by atoms with Crippen LogP contribution in [0.3, 0.4) is 0 Å². The van der Waals surface area contributed by atoms with Crippen LogP contribution in [0.5, 0.6) is 0 Å². The van der Waals surface area contributed by atoms with Gasteiger partial charge in [-0.05, 0) is 52.3 Å². The number of aromatic nitrogens is 4. The summed E-state index contributed by atoms with van der Waals surface area (Å²) in [5.74, 6) is 0.188. The van der Waals surface area contributed by atoms with E-state index in [9.17, 15) is 9.59 Å². The van der Waals surface area contributed by atoms with Gasteiger partial charge in [0.1, 0.15) is 0 Å². The number of thiazole rings is 1. The topological polar surface area (TPSA) is 79.0 Å². The first-order valence-electron chi connectivity index (χ1n) is 11.2. The van der Waals surface area contributed by atoms with E-state index in [2.05, 4.69) is 4.98 Å². The maximum absolute atomic E-state index is 13.2. The number of aryl methyl sites for hydroxylation is 1. The first kappa shape index (κ1) is 24.4. The van der Waals surface area contributed by atoms with Gasteiger partial charge in [-0.25, -0.2) is 9.97 Å². The van der Waals surface area contributed by atoms with Gasteiger partial charge in [0.05, 0.1) is 22.8 Å². The molecule has 7 nitrogen and oxygen atoms in total. The van der Waals surface area contributed by atoms with Gasteiger partial charge in [0, 0.05) is 41.7 Å². The van der Waals surface area contributed by atoms with Gasteiger partial charge in [0.15, 0.2) is 16.1 Å². The second-order valence-corrected chi connectivity index (χ2v) is 10.1. The third-order valence-corrected chi connectivity index (χ3v) is 7.21. The Hall–Kier alpha value is -2.75. The van der Waals surface area contributed by atoms with E-state index in [4.69, 9.17) is 9.72 Å². The molecule has 0 unspecified atom stereocenters. The fraction of sp³-hybridized carbons (Fsp3) is 0.360. The molecule has 0 spiro atoms. The third kappa shape index (κ3) is 5.16. The van der Waals surface area contributed by atoms with Gasteiger partial charge in [-0.15, -0.1) is 11.3 Å². The van der Waals surface area contributed by atoms with Crippen LogP contribution in [-0.4, -0.2) is 43.3 Å². The highest BCUT2D eigenvalue weighted by atomic mass is 32.2. The number of hydrogen-bond acceptors (Lipinski definition) is 7. The molecule has 0 saturated carbocycles. The number of nitrogens with zero attached hydrogens (tertiary/aromatic N) is 4. The zero-order valence-corrected chi connectivity index (χ0v) is 21.4. The number of carbonyl (C=O) groups is 1. The minimum absolute atomic E-state index is 0.00185. The van der Waals surface area contributed by atoms with Crippen molar-refractivity contribution in [3.8, 4) is 5.13 Å². The number of hydrogen-bond donors (Lipinski definition) is 0. The smallest absolute Gasteiger partial charge is 0.262 e. The SMILES string of the molecule is Cc1cc(C(=O)CSc2nc3ccccc3c(=O)n2CCCOC(C)C)c(C)n1-c1nccs1. The van der Waals surface area contributed by atoms with Crippen molar-refractivity contribution in [3.63, 3.8) is 0 Å². The molecule has 3 aromatic heterocycles. The molecule has 0 aliphatic rings. The van der Waals surface area contributed by atoms with Crippen LogP contribution in [0.25, 0.3) is 16.0 Å². The zero-order valence-electron chi connectivity index (χ0n) is 19.8. The van der Waals surface area contributed by atoms with Crippen LogP contribution in [0.1, 0.15) is 42.0 Å². The van der Waals surface area contributed by atoms with E-state index in [0.29, 0.717) is 41.2 Å². The third-order valence-electron chi connectivity index (χ3n) is 5.48. The van der Waals surface area contributed by atoms with Gasteiger partial charge in [0.25, 0.3) is 5.56 Å². The number of Topliss-reactive ketones (excluding diaryl/α,β-unsaturated/α-hetero) is 1. The summed E-state index contributed by atoms with van der Waals surface area (Å²) in [6.07, 6.45) is 2.59. The number of thioether (sulfide) groups is 1. The summed E-state index contributed by atoms with van der Waals surface area (Å²) in [5.41, 5.74) is 3.05. The average Bonchev–Trinajstić information content (AvgIpc) is 3.43. The highest BCUT2D eigenvalue weighted by molar-refractivity contribution is 7.99. The summed E-state index contributed by atoms with van der Waals surface area (Å²) in [6.45, 7) is 8.93. The van der Waals surface area contributed by atoms with Gasteiger partial charge in [-0.3, -0.25) is 18.7 Å². The van der Waals surface area contributed by atoms with Crippen LogP contribution >= 0.6 is 23.1 Å². The molecule has 1 aromatic carbocycles. The molecular formula is C25H28N4O3S2. The van der Waals surface area contributed by atoms with Gasteiger partial charge in [-0.2, -0.15) is 0 Å². The molecule has 0 saturated heterocycles. The monoisotopic (exact) mass is 496 g/mol. The van der Waals surface area contributed by atoms with Crippen molar-refractivity contribution in [1.29, 1.82) is 0 Å². The van der Waals surface area contributed by atoms with Gasteiger partial charge < -0.3 is 4.74 Å². The number of carbonyl (C=O) groups excluding carboxylic acids is 1. The average molecular weight is 497 g/mol. The van der Waals surface area contributed by atoms with Crippen molar-refractivity contribution < 1.29 is 9.53 Å². The number of para-hydroxylation sites is 1. The molecule has 0 radical (unpaired) electrons. The highest BCUT2D eigenvalue weighted by Crippen LogP contribution is 2.25. The molecule has 0 aliphatic heterocycles. The Morgan fingerprint density at radius 3 is 2.76 bits per heavy atom. The Balaban J connectivity index is 1.58. The van der Waals surface area contributed by atoms with Crippen LogP contribution in [0, 0.1) is 13.8 Å². The second kappa shape index (κ2) is 10.7. The summed E-state index contributed by atoms with van der Waals surface area (Å²) in [7, 11) is 0. The molecule has 4 rings (SSSR count). The largest absolute Gasteiger partial charge is 0.379 e. The molecule has 0 aliphatic carbocycles. The lowest BCUT2D eigenvalue weighted by Crippen LogP contribution is -2.24. The predicted octanol–water partition coefficient (Wildman–Crippen LogP) is 5.05. The Labute approximate surface area is 206 Å². The molecular weight excluding hydrogens is 468 g/mol. The van der Waals surface area contributed by atoms with Gasteiger partial charge in [0.2, 0.25) is 0 Å². The van der Waals surface area contributed by atoms with Gasteiger partial charge >= 0.3 is 0 Å². The van der Waals surface area contributed by atoms with Crippen molar-refractivity contribution in [3.05, 3.63) is 69.2 Å². The van der Waals surface area contributed by atoms with E-state index in [1.165, 1.54) is 23.1 Å². The summed E-state index contributed by atoms with van der Waals surface area (Å²) in [5, 5.41) is 3.89. The Morgan fingerprint density at radius 1 is 1.24 bits per heavy atom. The second-order valence-electron chi connectivity index (χ2n) is 8.29. The summed E-state index contributed by atoms with van der Waals surface area (Å²) in [4.78, 5) is 35.5. The molecule has 4 aromatic rings. The van der Waals surface area contributed by atoms with Crippen LogP contribution in [0.4, 0.5) is 0 Å². The molecule has 0 N–H and O–H groups in total. The predicted molar refractivity (Wildman–Crippen MR) is 138 cm³/mol. The molecule has 9 heteroatoms. The van der Waals surface area contributed by atoms with E-state index in [1.807, 2.05) is 61.9 Å². The first-order valence-corrected chi connectivity index (χ1v) is 13.1. The number of ether oxygens (including phenoxy) is 1. The van der Waals surface area contributed by atoms with Crippen molar-refractivity contribution in [1.82, 2.24) is 19.1 Å². The normalized spacial score (nSPS) is 11.6. The Kier molecular flexibility index (Phi) is 7.65. The molecule has 0 fully saturated rings. The molecule has 3 heterocycles. The lowest BCUT2D eigenvalue weighted by Gasteiger charge is -2.14. The molecule has 178 valence electrons. The Bertz CT molecular complexity index is 1360. The minimum atomic E-state index is -0.0907. The summed E-state index contributed by atoms with van der Waals surface area (Å²) in [6, 6.07) is 9.23. The number of rotatable bonds is 10. The van der Waals surface area contributed by atoms with E-state index in [1.54, 1.807) is 16.8 Å². The maximum Gasteiger partial charge on any atom is 0.262 e. The quantitative estimate of drug-likeness (QED) is 0.132. The van der Waals surface area contributed by atoms with Crippen molar-refractivity contribution in [2.75, 3.05) is 12.4 Å². The van der Waals surface area contributed by atoms with E-state index >= 15 is 0 Å². The van der Waals surface area contributed by atoms with Crippen LogP contribution in [0.15, 0.2) is 51.9 Å². The molecule has 0 amide bonds. The molecule has 34 heavy (non-hydrogen) atoms. The minimum Gasteiger partial charge on any atom is -0.379 e. The molecule has 0 atom stereocenters. The lowest BCUT2D eigenvalue weighted by molar-refractivity contribution is 0.0743. The summed E-state index contributed by atoms with van der Waals surface area (Å²) >= 11 is 2.84. The maximum atomic E-state index is 13.2. The van der Waals surface area contributed by atoms with E-state index in [0.717, 1.165) is 16.5 Å². The fourth-order valence-electron chi connectivity index (χ4n) is 3.87. The van der Waals surface area contributed by atoms with Crippen LogP contribution in [0.2, 0.25) is 0 Å². The van der Waals surface area contributed by atoms with Crippen molar-refractivity contribution in [2.24, 2.45) is 0 Å². The number of benzene rings is 1. The standard InChI is InChI=1S/C25H28N4O3S2/c1-16(2)32-12-7-11-28-23(31)19-8-5-6-9-21(19)27-25(28)34-15-22(30)20-14-17(3)29(18(20)4)24-26-10-13-33-24/h5-6,8-10,13-14,16H,7,11-12,15H2,1-4H3. The van der Waals surface area contributed by atoms with Crippen LogP contribution < -0.4 is 5.56 Å². The zero-order chi connectivity index (χ0) is 24.2. The highest BCUT2D eigenvalue weighted by Gasteiger charge is 2.19. The first-order chi connectivity index (χ1) is 16.4. The number of ketones is 1. The van der Waals surface area contributed by atoms with Gasteiger partial charge in [-0.1, -0.05) is 23.9 Å². The van der Waals surface area contributed by atoms with E-state index in [-0.39, 0.29) is 23.2 Å². The van der Waals surface area contributed by atoms with E-state index < -0.39 is 0 Å². The lowest BCUT2D eigenvalue weighted by atomic mass is 10.2. The fourth-order valence-corrected chi connectivity index (χ4v) is 5.53. The van der Waals surface area contributed by atoms with Crippen molar-refractivity contribution >= 4 is 39.8 Å².